The molecule has 2 aliphatic heterocycles. The van der Waals surface area contributed by atoms with Crippen molar-refractivity contribution < 1.29 is 4.79 Å². The van der Waals surface area contributed by atoms with Crippen LogP contribution in [0.25, 0.3) is 0 Å². The van der Waals surface area contributed by atoms with Gasteiger partial charge in [0.05, 0.1) is 5.69 Å². The van der Waals surface area contributed by atoms with Crippen LogP contribution in [0.3, 0.4) is 0 Å². The monoisotopic (exact) mass is 341 g/mol. The van der Waals surface area contributed by atoms with Crippen LogP contribution in [0.15, 0.2) is 6.07 Å². The van der Waals surface area contributed by atoms with Gasteiger partial charge in [0.1, 0.15) is 5.69 Å². The molecule has 1 amide bonds. The van der Waals surface area contributed by atoms with Crippen LogP contribution in [-0.2, 0) is 7.05 Å². The highest BCUT2D eigenvalue weighted by Gasteiger charge is 2.32. The Morgan fingerprint density at radius 1 is 1.30 bits per heavy atom. The van der Waals surface area contributed by atoms with E-state index in [1.165, 1.54) is 0 Å². The number of likely N-dealkylation sites (tertiary alicyclic amines) is 1. The summed E-state index contributed by atoms with van der Waals surface area (Å²) in [5.74, 6) is 0.472. The first-order valence-electron chi connectivity index (χ1n) is 8.34. The summed E-state index contributed by atoms with van der Waals surface area (Å²) in [7, 11) is 1.86. The Labute approximate surface area is 144 Å². The third kappa shape index (κ3) is 3.87. The molecule has 7 heteroatoms. The maximum atomic E-state index is 12.8. The molecule has 2 saturated heterocycles. The minimum atomic E-state index is 0. The van der Waals surface area contributed by atoms with Crippen molar-refractivity contribution in [3.8, 4) is 0 Å². The second-order valence-corrected chi connectivity index (χ2v) is 6.71. The van der Waals surface area contributed by atoms with Crippen molar-refractivity contribution in [1.29, 1.82) is 0 Å². The normalized spacial score (nSPS) is 22.4. The van der Waals surface area contributed by atoms with Gasteiger partial charge in [-0.1, -0.05) is 13.8 Å². The van der Waals surface area contributed by atoms with Gasteiger partial charge in [-0.25, -0.2) is 0 Å². The van der Waals surface area contributed by atoms with Crippen molar-refractivity contribution in [2.24, 2.45) is 7.05 Å². The lowest BCUT2D eigenvalue weighted by molar-refractivity contribution is 0.0762. The fourth-order valence-electron chi connectivity index (χ4n) is 3.41. The van der Waals surface area contributed by atoms with E-state index in [2.05, 4.69) is 29.2 Å². The van der Waals surface area contributed by atoms with Gasteiger partial charge < -0.3 is 10.2 Å². The quantitative estimate of drug-likeness (QED) is 0.894. The molecule has 0 aromatic carbocycles. The summed E-state index contributed by atoms with van der Waals surface area (Å²) in [6.45, 7) is 10.2. The van der Waals surface area contributed by atoms with E-state index in [9.17, 15) is 4.79 Å². The van der Waals surface area contributed by atoms with Crippen molar-refractivity contribution in [1.82, 2.24) is 24.9 Å². The third-order valence-corrected chi connectivity index (χ3v) is 4.83. The molecule has 1 aromatic heterocycles. The number of halogens is 1. The number of amides is 1. The van der Waals surface area contributed by atoms with Gasteiger partial charge in [0.25, 0.3) is 5.91 Å². The van der Waals surface area contributed by atoms with E-state index in [0.29, 0.717) is 17.7 Å². The average Bonchev–Trinajstić information content (AvgIpc) is 3.14. The van der Waals surface area contributed by atoms with Gasteiger partial charge in [0.15, 0.2) is 0 Å². The predicted molar refractivity (Wildman–Crippen MR) is 93.3 cm³/mol. The highest BCUT2D eigenvalue weighted by atomic mass is 35.5. The maximum absolute atomic E-state index is 12.8. The van der Waals surface area contributed by atoms with Crippen molar-refractivity contribution >= 4 is 18.3 Å². The molecule has 130 valence electrons. The molecule has 3 heterocycles. The Bertz CT molecular complexity index is 539. The van der Waals surface area contributed by atoms with Gasteiger partial charge in [-0.2, -0.15) is 5.10 Å². The molecule has 0 saturated carbocycles. The summed E-state index contributed by atoms with van der Waals surface area (Å²) in [5, 5.41) is 7.85. The molecule has 2 aliphatic rings. The molecule has 23 heavy (non-hydrogen) atoms. The third-order valence-electron chi connectivity index (χ3n) is 4.83. The first-order valence-corrected chi connectivity index (χ1v) is 8.34. The van der Waals surface area contributed by atoms with Crippen LogP contribution in [-0.4, -0.2) is 70.8 Å². The predicted octanol–water partition coefficient (Wildman–Crippen LogP) is 1.08. The summed E-state index contributed by atoms with van der Waals surface area (Å²) < 4.78 is 1.73. The summed E-state index contributed by atoms with van der Waals surface area (Å²) >= 11 is 0. The fourth-order valence-corrected chi connectivity index (χ4v) is 3.41. The molecule has 0 aliphatic carbocycles. The lowest BCUT2D eigenvalue weighted by Gasteiger charge is -2.32. The largest absolute Gasteiger partial charge is 0.336 e. The van der Waals surface area contributed by atoms with Crippen LogP contribution in [0.1, 0.15) is 42.4 Å². The lowest BCUT2D eigenvalue weighted by Crippen LogP contribution is -2.49. The number of nitrogens with one attached hydrogen (secondary N) is 1. The van der Waals surface area contributed by atoms with Crippen LogP contribution in [0, 0.1) is 0 Å². The first kappa shape index (κ1) is 18.2. The van der Waals surface area contributed by atoms with Crippen LogP contribution < -0.4 is 5.32 Å². The summed E-state index contributed by atoms with van der Waals surface area (Å²) in [6, 6.07) is 2.47. The zero-order valence-corrected chi connectivity index (χ0v) is 15.1. The molecule has 0 radical (unpaired) electrons. The van der Waals surface area contributed by atoms with E-state index in [1.807, 2.05) is 18.0 Å². The Kier molecular flexibility index (Phi) is 6.06. The molecule has 1 aromatic rings. The number of nitrogens with zero attached hydrogens (tertiary/aromatic N) is 4. The second kappa shape index (κ2) is 7.64. The van der Waals surface area contributed by atoms with Gasteiger partial charge in [0, 0.05) is 52.4 Å². The van der Waals surface area contributed by atoms with Gasteiger partial charge in [-0.15, -0.1) is 12.4 Å². The molecule has 1 unspecified atom stereocenters. The van der Waals surface area contributed by atoms with Gasteiger partial charge >= 0.3 is 0 Å². The van der Waals surface area contributed by atoms with Crippen molar-refractivity contribution in [2.45, 2.75) is 32.2 Å². The van der Waals surface area contributed by atoms with E-state index in [1.54, 1.807) is 4.68 Å². The van der Waals surface area contributed by atoms with Crippen molar-refractivity contribution in [2.75, 3.05) is 39.3 Å². The molecule has 0 spiro atoms. The summed E-state index contributed by atoms with van der Waals surface area (Å²) in [6.07, 6.45) is 1.08. The van der Waals surface area contributed by atoms with Gasteiger partial charge in [0.2, 0.25) is 0 Å². The zero-order chi connectivity index (χ0) is 15.7. The first-order chi connectivity index (χ1) is 10.6. The van der Waals surface area contributed by atoms with Crippen LogP contribution in [0.4, 0.5) is 0 Å². The Hall–Kier alpha value is -1.11. The number of piperazine rings is 1. The van der Waals surface area contributed by atoms with Crippen LogP contribution in [0.2, 0.25) is 0 Å². The molecular weight excluding hydrogens is 314 g/mol. The van der Waals surface area contributed by atoms with E-state index in [4.69, 9.17) is 0 Å². The highest BCUT2D eigenvalue weighted by Crippen LogP contribution is 2.20. The number of aromatic nitrogens is 2. The minimum absolute atomic E-state index is 0. The maximum Gasteiger partial charge on any atom is 0.272 e. The molecule has 6 nitrogen and oxygen atoms in total. The summed E-state index contributed by atoms with van der Waals surface area (Å²) in [4.78, 5) is 17.3. The van der Waals surface area contributed by atoms with Crippen molar-refractivity contribution in [3.63, 3.8) is 0 Å². The summed E-state index contributed by atoms with van der Waals surface area (Å²) in [5.41, 5.74) is 1.70. The number of hydrogen-bond donors (Lipinski definition) is 1. The average molecular weight is 342 g/mol. The topological polar surface area (TPSA) is 53.4 Å². The molecule has 3 rings (SSSR count). The van der Waals surface area contributed by atoms with E-state index < -0.39 is 0 Å². The molecule has 1 N–H and O–H groups in total. The lowest BCUT2D eigenvalue weighted by atomic mass is 10.1. The fraction of sp³-hybridized carbons (Fsp3) is 0.750. The van der Waals surface area contributed by atoms with Gasteiger partial charge in [-0.05, 0) is 18.4 Å². The van der Waals surface area contributed by atoms with Crippen LogP contribution in [0.5, 0.6) is 0 Å². The van der Waals surface area contributed by atoms with E-state index >= 15 is 0 Å². The zero-order valence-electron chi connectivity index (χ0n) is 14.3. The molecule has 0 bridgehead atoms. The Morgan fingerprint density at radius 2 is 2.00 bits per heavy atom. The molecular formula is C16H28ClN5O. The minimum Gasteiger partial charge on any atom is -0.336 e. The van der Waals surface area contributed by atoms with Crippen LogP contribution >= 0.6 is 12.4 Å². The SMILES string of the molecule is CC(C)c1cc(C(=O)N2CCC(N3CCNCC3)C2)n(C)n1.Cl. The second-order valence-electron chi connectivity index (χ2n) is 6.71. The smallest absolute Gasteiger partial charge is 0.272 e. The van der Waals surface area contributed by atoms with E-state index in [-0.39, 0.29) is 18.3 Å². The molecule has 2 fully saturated rings. The van der Waals surface area contributed by atoms with Crippen molar-refractivity contribution in [3.05, 3.63) is 17.5 Å². The number of hydrogen-bond acceptors (Lipinski definition) is 4. The number of carbonyl (C=O) groups is 1. The highest BCUT2D eigenvalue weighted by molar-refractivity contribution is 5.93. The van der Waals surface area contributed by atoms with E-state index in [0.717, 1.165) is 51.4 Å². The molecule has 1 atom stereocenters. The number of carbonyl (C=O) groups excluding carboxylic acids is 1. The Balaban J connectivity index is 0.00000192. The standard InChI is InChI=1S/C16H27N5O.ClH/c1-12(2)14-10-15(19(3)18-14)16(22)21-7-4-13(11-21)20-8-5-17-6-9-20;/h10,12-13,17H,4-9,11H2,1-3H3;1H. The number of rotatable bonds is 3. The Morgan fingerprint density at radius 3 is 2.61 bits per heavy atom. The van der Waals surface area contributed by atoms with Gasteiger partial charge in [-0.3, -0.25) is 14.4 Å². The number of aryl methyl sites for hydroxylation is 1.